The van der Waals surface area contributed by atoms with Crippen LogP contribution in [0.3, 0.4) is 0 Å². The number of nitrogen functional groups attached to an aromatic ring is 1. The molecule has 2 nitrogen and oxygen atoms in total. The zero-order valence-electron chi connectivity index (χ0n) is 9.87. The number of aryl methyl sites for hydroxylation is 3. The second-order valence-electron chi connectivity index (χ2n) is 4.05. The monoisotopic (exact) mass is 232 g/mol. The minimum absolute atomic E-state index is 0.821. The molecule has 2 N–H and O–H groups in total. The summed E-state index contributed by atoms with van der Waals surface area (Å²) in [6, 6.07) is 6.43. The molecule has 1 aromatic carbocycles. The van der Waals surface area contributed by atoms with E-state index in [4.69, 9.17) is 5.73 Å². The first-order valence-electron chi connectivity index (χ1n) is 5.44. The summed E-state index contributed by atoms with van der Waals surface area (Å²) in [5, 5.41) is 1.92. The van der Waals surface area contributed by atoms with Crippen LogP contribution in [0.15, 0.2) is 18.2 Å². The number of nitrogens with zero attached hydrogens (tertiary/aromatic N) is 1. The van der Waals surface area contributed by atoms with Crippen molar-refractivity contribution in [3.8, 4) is 11.3 Å². The van der Waals surface area contributed by atoms with Gasteiger partial charge in [-0.15, -0.1) is 11.3 Å². The maximum absolute atomic E-state index is 6.01. The number of hydrogen-bond acceptors (Lipinski definition) is 3. The van der Waals surface area contributed by atoms with Crippen LogP contribution in [-0.2, 0) is 6.42 Å². The molecule has 0 bridgehead atoms. The van der Waals surface area contributed by atoms with Gasteiger partial charge in [0.05, 0.1) is 5.01 Å². The van der Waals surface area contributed by atoms with Crippen LogP contribution in [-0.4, -0.2) is 4.98 Å². The molecule has 0 radical (unpaired) electrons. The second-order valence-corrected chi connectivity index (χ2v) is 5.17. The molecule has 0 aliphatic rings. The summed E-state index contributed by atoms with van der Waals surface area (Å²) >= 11 is 1.59. The van der Waals surface area contributed by atoms with Crippen molar-refractivity contribution in [3.05, 3.63) is 34.3 Å². The summed E-state index contributed by atoms with van der Waals surface area (Å²) in [7, 11) is 0. The van der Waals surface area contributed by atoms with E-state index in [2.05, 4.69) is 44.0 Å². The van der Waals surface area contributed by atoms with E-state index >= 15 is 0 Å². The van der Waals surface area contributed by atoms with E-state index in [9.17, 15) is 0 Å². The Labute approximate surface area is 100 Å². The van der Waals surface area contributed by atoms with E-state index < -0.39 is 0 Å². The van der Waals surface area contributed by atoms with Crippen LogP contribution >= 0.6 is 11.3 Å². The van der Waals surface area contributed by atoms with Crippen LogP contribution in [0.1, 0.15) is 23.1 Å². The molecule has 2 aromatic rings. The molecular weight excluding hydrogens is 216 g/mol. The molecule has 0 aliphatic heterocycles. The molecule has 0 unspecified atom stereocenters. The van der Waals surface area contributed by atoms with Crippen LogP contribution in [0.2, 0.25) is 0 Å². The van der Waals surface area contributed by atoms with Gasteiger partial charge in [-0.05, 0) is 32.4 Å². The fraction of sp³-hybridized carbons (Fsp3) is 0.308. The smallest absolute Gasteiger partial charge is 0.114 e. The van der Waals surface area contributed by atoms with Gasteiger partial charge in [-0.2, -0.15) is 0 Å². The molecule has 84 valence electrons. The third kappa shape index (κ3) is 2.09. The van der Waals surface area contributed by atoms with Crippen LogP contribution in [0.25, 0.3) is 11.3 Å². The van der Waals surface area contributed by atoms with E-state index in [1.807, 2.05) is 0 Å². The summed E-state index contributed by atoms with van der Waals surface area (Å²) in [5.41, 5.74) is 10.6. The fourth-order valence-corrected chi connectivity index (χ4v) is 2.64. The van der Waals surface area contributed by atoms with Crippen LogP contribution in [0.5, 0.6) is 0 Å². The topological polar surface area (TPSA) is 38.9 Å². The first-order chi connectivity index (χ1) is 7.60. The molecule has 3 heteroatoms. The molecule has 0 aliphatic carbocycles. The van der Waals surface area contributed by atoms with Gasteiger partial charge in [0.2, 0.25) is 0 Å². The number of benzene rings is 1. The Kier molecular flexibility index (Phi) is 2.97. The van der Waals surface area contributed by atoms with Gasteiger partial charge < -0.3 is 5.73 Å². The average Bonchev–Trinajstić information content (AvgIpc) is 2.58. The molecule has 16 heavy (non-hydrogen) atoms. The van der Waals surface area contributed by atoms with Gasteiger partial charge in [-0.1, -0.05) is 24.1 Å². The van der Waals surface area contributed by atoms with Crippen LogP contribution in [0.4, 0.5) is 5.00 Å². The molecule has 0 amide bonds. The number of nitrogens with two attached hydrogens (primary N) is 1. The molecule has 1 aromatic heterocycles. The van der Waals surface area contributed by atoms with Gasteiger partial charge in [0.25, 0.3) is 0 Å². The van der Waals surface area contributed by atoms with Gasteiger partial charge in [-0.3, -0.25) is 0 Å². The SMILES string of the molecule is CCc1nc(-c2cc(C)cc(C)c2)c(N)s1. The lowest BCUT2D eigenvalue weighted by Crippen LogP contribution is -1.88. The summed E-state index contributed by atoms with van der Waals surface area (Å²) in [6.07, 6.45) is 0.944. The van der Waals surface area contributed by atoms with Gasteiger partial charge in [0, 0.05) is 5.56 Å². The lowest BCUT2D eigenvalue weighted by molar-refractivity contribution is 1.10. The first kappa shape index (κ1) is 11.1. The number of thiazole rings is 1. The summed E-state index contributed by atoms with van der Waals surface area (Å²) in [4.78, 5) is 4.57. The zero-order chi connectivity index (χ0) is 11.7. The second kappa shape index (κ2) is 4.26. The van der Waals surface area contributed by atoms with Crippen molar-refractivity contribution in [3.63, 3.8) is 0 Å². The number of anilines is 1. The van der Waals surface area contributed by atoms with Crippen molar-refractivity contribution in [2.24, 2.45) is 0 Å². The molecular formula is C13H16N2S. The Morgan fingerprint density at radius 3 is 2.31 bits per heavy atom. The quantitative estimate of drug-likeness (QED) is 0.859. The Balaban J connectivity index is 2.53. The molecule has 2 rings (SSSR count). The summed E-state index contributed by atoms with van der Waals surface area (Å²) in [5.74, 6) is 0. The van der Waals surface area contributed by atoms with Gasteiger partial charge in [-0.25, -0.2) is 4.98 Å². The predicted octanol–water partition coefficient (Wildman–Crippen LogP) is 3.57. The molecule has 0 atom stereocenters. The van der Waals surface area contributed by atoms with E-state index in [-0.39, 0.29) is 0 Å². The highest BCUT2D eigenvalue weighted by molar-refractivity contribution is 7.16. The Morgan fingerprint density at radius 1 is 1.19 bits per heavy atom. The molecule has 0 saturated carbocycles. The molecule has 0 spiro atoms. The highest BCUT2D eigenvalue weighted by Gasteiger charge is 2.10. The van der Waals surface area contributed by atoms with E-state index in [1.54, 1.807) is 11.3 Å². The normalized spacial score (nSPS) is 10.7. The molecule has 1 heterocycles. The standard InChI is InChI=1S/C13H16N2S/c1-4-11-15-12(13(14)16-11)10-6-8(2)5-9(3)7-10/h5-7H,4,14H2,1-3H3. The van der Waals surface area contributed by atoms with Crippen molar-refractivity contribution >= 4 is 16.3 Å². The highest BCUT2D eigenvalue weighted by Crippen LogP contribution is 2.31. The molecule has 0 fully saturated rings. The predicted molar refractivity (Wildman–Crippen MR) is 70.8 cm³/mol. The van der Waals surface area contributed by atoms with Gasteiger partial charge in [0.15, 0.2) is 0 Å². The lowest BCUT2D eigenvalue weighted by atomic mass is 10.1. The minimum Gasteiger partial charge on any atom is -0.389 e. The fourth-order valence-electron chi connectivity index (χ4n) is 1.85. The minimum atomic E-state index is 0.821. The average molecular weight is 232 g/mol. The first-order valence-corrected chi connectivity index (χ1v) is 6.25. The van der Waals surface area contributed by atoms with Crippen molar-refractivity contribution in [1.82, 2.24) is 4.98 Å². The Bertz CT molecular complexity index is 494. The van der Waals surface area contributed by atoms with Crippen molar-refractivity contribution in [2.75, 3.05) is 5.73 Å². The van der Waals surface area contributed by atoms with E-state index in [0.29, 0.717) is 0 Å². The number of rotatable bonds is 2. The maximum Gasteiger partial charge on any atom is 0.114 e. The van der Waals surface area contributed by atoms with Gasteiger partial charge >= 0.3 is 0 Å². The van der Waals surface area contributed by atoms with E-state index in [0.717, 1.165) is 27.7 Å². The third-order valence-corrected chi connectivity index (χ3v) is 3.52. The lowest BCUT2D eigenvalue weighted by Gasteiger charge is -2.02. The Morgan fingerprint density at radius 2 is 1.81 bits per heavy atom. The van der Waals surface area contributed by atoms with Crippen molar-refractivity contribution in [1.29, 1.82) is 0 Å². The maximum atomic E-state index is 6.01. The van der Waals surface area contributed by atoms with Crippen molar-refractivity contribution < 1.29 is 0 Å². The van der Waals surface area contributed by atoms with Crippen molar-refractivity contribution in [2.45, 2.75) is 27.2 Å². The van der Waals surface area contributed by atoms with Gasteiger partial charge in [0.1, 0.15) is 10.7 Å². The highest BCUT2D eigenvalue weighted by atomic mass is 32.1. The summed E-state index contributed by atoms with van der Waals surface area (Å²) in [6.45, 7) is 6.29. The summed E-state index contributed by atoms with van der Waals surface area (Å²) < 4.78 is 0. The number of aromatic nitrogens is 1. The largest absolute Gasteiger partial charge is 0.389 e. The Hall–Kier alpha value is -1.35. The van der Waals surface area contributed by atoms with E-state index in [1.165, 1.54) is 11.1 Å². The third-order valence-electron chi connectivity index (χ3n) is 2.50. The van der Waals surface area contributed by atoms with Crippen LogP contribution < -0.4 is 5.73 Å². The van der Waals surface area contributed by atoms with Crippen LogP contribution in [0, 0.1) is 13.8 Å². The number of hydrogen-bond donors (Lipinski definition) is 1. The zero-order valence-corrected chi connectivity index (χ0v) is 10.7. The molecule has 0 saturated heterocycles.